The summed E-state index contributed by atoms with van der Waals surface area (Å²) in [5.41, 5.74) is 11.7. The van der Waals surface area contributed by atoms with Crippen molar-refractivity contribution in [3.63, 3.8) is 0 Å². The number of hydrogen-bond acceptors (Lipinski definition) is 6. The lowest BCUT2D eigenvalue weighted by Gasteiger charge is -2.15. The Bertz CT molecular complexity index is 1280. The van der Waals surface area contributed by atoms with Gasteiger partial charge in [-0.3, -0.25) is 5.41 Å². The number of ether oxygens (including phenoxy) is 1. The molecule has 0 saturated heterocycles. The normalized spacial score (nSPS) is 16.9. The fourth-order valence-electron chi connectivity index (χ4n) is 3.77. The second-order valence-electron chi connectivity index (χ2n) is 7.69. The second-order valence-corrected chi connectivity index (χ2v) is 10.5. The van der Waals surface area contributed by atoms with Crippen molar-refractivity contribution in [2.24, 2.45) is 10.7 Å². The number of allylic oxidation sites excluding steroid dienone is 2. The fourth-order valence-corrected chi connectivity index (χ4v) is 6.70. The maximum Gasteiger partial charge on any atom is 0.214 e. The summed E-state index contributed by atoms with van der Waals surface area (Å²) in [6.45, 7) is 4.22. The average Bonchev–Trinajstić information content (AvgIpc) is 3.23. The summed E-state index contributed by atoms with van der Waals surface area (Å²) in [4.78, 5) is 9.97. The number of aromatic nitrogens is 1. The zero-order valence-electron chi connectivity index (χ0n) is 18.8. The number of pyridine rings is 1. The van der Waals surface area contributed by atoms with E-state index in [4.69, 9.17) is 20.9 Å². The number of methoxy groups -OCH3 is 1. The van der Waals surface area contributed by atoms with Gasteiger partial charge in [-0.15, -0.1) is 0 Å². The van der Waals surface area contributed by atoms with Crippen LogP contribution in [0.1, 0.15) is 31.1 Å². The van der Waals surface area contributed by atoms with E-state index in [0.717, 1.165) is 48.0 Å². The summed E-state index contributed by atoms with van der Waals surface area (Å²) >= 11 is 0.189. The first-order valence-electron chi connectivity index (χ1n) is 10.6. The zero-order chi connectivity index (χ0) is 23.5. The van der Waals surface area contributed by atoms with Gasteiger partial charge in [-0.05, 0) is 48.3 Å². The Balaban J connectivity index is 1.99. The highest BCUT2D eigenvalue weighted by atomic mass is 32.2. The third-order valence-electron chi connectivity index (χ3n) is 5.41. The number of fused-ring (bicyclic) bond motifs is 1. The minimum absolute atomic E-state index is 0.233. The number of dihydropyridines is 1. The Kier molecular flexibility index (Phi) is 7.21. The molecule has 8 heteroatoms. The van der Waals surface area contributed by atoms with Gasteiger partial charge in [0.1, 0.15) is 10.6 Å². The molecule has 33 heavy (non-hydrogen) atoms. The van der Waals surface area contributed by atoms with Crippen molar-refractivity contribution in [1.82, 2.24) is 4.98 Å². The van der Waals surface area contributed by atoms with Gasteiger partial charge in [0.25, 0.3) is 0 Å². The molecule has 1 aromatic carbocycles. The van der Waals surface area contributed by atoms with Gasteiger partial charge in [0.15, 0.2) is 5.84 Å². The van der Waals surface area contributed by atoms with Crippen molar-refractivity contribution in [1.29, 1.82) is 5.41 Å². The van der Waals surface area contributed by atoms with E-state index in [9.17, 15) is 4.55 Å². The molecule has 0 amide bonds. The van der Waals surface area contributed by atoms with E-state index in [1.165, 1.54) is 11.3 Å². The minimum Gasteiger partial charge on any atom is -0.611 e. The number of amidine groups is 1. The second kappa shape index (κ2) is 10.1. The lowest BCUT2D eigenvalue weighted by Crippen LogP contribution is -2.15. The van der Waals surface area contributed by atoms with Crippen LogP contribution in [0.2, 0.25) is 0 Å². The van der Waals surface area contributed by atoms with Gasteiger partial charge >= 0.3 is 0 Å². The van der Waals surface area contributed by atoms with E-state index in [2.05, 4.69) is 17.1 Å². The first-order chi connectivity index (χ1) is 15.9. The van der Waals surface area contributed by atoms with Crippen LogP contribution >= 0.6 is 11.3 Å². The van der Waals surface area contributed by atoms with Crippen LogP contribution < -0.4 is 5.73 Å². The van der Waals surface area contributed by atoms with Crippen LogP contribution in [0.15, 0.2) is 63.3 Å². The molecular formula is C25H26N4O2S2. The van der Waals surface area contributed by atoms with Crippen molar-refractivity contribution in [2.75, 3.05) is 19.5 Å². The van der Waals surface area contributed by atoms with Crippen LogP contribution in [0, 0.1) is 5.41 Å². The first-order valence-corrected chi connectivity index (χ1v) is 12.7. The molecule has 2 unspecified atom stereocenters. The van der Waals surface area contributed by atoms with E-state index in [-0.39, 0.29) is 11.9 Å². The lowest BCUT2D eigenvalue weighted by atomic mass is 9.96. The van der Waals surface area contributed by atoms with Crippen molar-refractivity contribution in [2.45, 2.75) is 24.1 Å². The molecule has 1 aliphatic rings. The molecule has 170 valence electrons. The molecule has 0 bridgehead atoms. The highest BCUT2D eigenvalue weighted by Gasteiger charge is 2.28. The van der Waals surface area contributed by atoms with Crippen LogP contribution in [-0.2, 0) is 15.9 Å². The Labute approximate surface area is 200 Å². The largest absolute Gasteiger partial charge is 0.611 e. The van der Waals surface area contributed by atoms with Crippen LogP contribution in [0.25, 0.3) is 26.9 Å². The van der Waals surface area contributed by atoms with E-state index in [0.29, 0.717) is 12.4 Å². The van der Waals surface area contributed by atoms with Crippen molar-refractivity contribution >= 4 is 50.4 Å². The Morgan fingerprint density at radius 1 is 1.30 bits per heavy atom. The molecule has 0 saturated carbocycles. The van der Waals surface area contributed by atoms with Gasteiger partial charge in [-0.2, -0.15) is 0 Å². The molecule has 1 aliphatic heterocycles. The molecule has 0 radical (unpaired) electrons. The average molecular weight is 479 g/mol. The predicted octanol–water partition coefficient (Wildman–Crippen LogP) is 5.13. The third-order valence-corrected chi connectivity index (χ3v) is 8.28. The van der Waals surface area contributed by atoms with Gasteiger partial charge < -0.3 is 15.0 Å². The van der Waals surface area contributed by atoms with E-state index >= 15 is 0 Å². The van der Waals surface area contributed by atoms with E-state index in [1.807, 2.05) is 50.3 Å². The molecule has 0 spiro atoms. The third kappa shape index (κ3) is 4.71. The molecule has 2 atom stereocenters. The summed E-state index contributed by atoms with van der Waals surface area (Å²) in [5.74, 6) is 0.637. The molecule has 2 aromatic heterocycles. The number of nitrogens with two attached hydrogens (primary N) is 1. The van der Waals surface area contributed by atoms with E-state index < -0.39 is 11.2 Å². The quantitative estimate of drug-likeness (QED) is 0.459. The molecule has 4 rings (SSSR count). The Morgan fingerprint density at radius 3 is 2.73 bits per heavy atom. The van der Waals surface area contributed by atoms with Gasteiger partial charge in [-0.25, -0.2) is 9.98 Å². The van der Waals surface area contributed by atoms with Crippen LogP contribution in [0.4, 0.5) is 0 Å². The summed E-state index contributed by atoms with van der Waals surface area (Å²) < 4.78 is 19.0. The van der Waals surface area contributed by atoms with Gasteiger partial charge in [-0.1, -0.05) is 47.7 Å². The van der Waals surface area contributed by atoms with Crippen LogP contribution in [-0.4, -0.2) is 41.1 Å². The monoisotopic (exact) mass is 478 g/mol. The van der Waals surface area contributed by atoms with Crippen LogP contribution in [0.3, 0.4) is 0 Å². The molecule has 3 aromatic rings. The number of benzene rings is 1. The molecule has 0 aliphatic carbocycles. The molecule has 3 heterocycles. The van der Waals surface area contributed by atoms with Crippen molar-refractivity contribution in [3.8, 4) is 11.1 Å². The highest BCUT2D eigenvalue weighted by molar-refractivity contribution is 7.93. The smallest absolute Gasteiger partial charge is 0.214 e. The molecular weight excluding hydrogens is 452 g/mol. The Morgan fingerprint density at radius 2 is 2.06 bits per heavy atom. The number of rotatable bonds is 7. The molecule has 6 nitrogen and oxygen atoms in total. The summed E-state index contributed by atoms with van der Waals surface area (Å²) in [6.07, 6.45) is 5.47. The van der Waals surface area contributed by atoms with Crippen LogP contribution in [0.5, 0.6) is 0 Å². The highest BCUT2D eigenvalue weighted by Crippen LogP contribution is 2.43. The number of hydrogen-bond donors (Lipinski definition) is 2. The topological polar surface area (TPSA) is 107 Å². The summed E-state index contributed by atoms with van der Waals surface area (Å²) in [7, 11) is 1.61. The number of aliphatic imine (C=N–C) groups is 1. The predicted molar refractivity (Wildman–Crippen MR) is 139 cm³/mol. The summed E-state index contributed by atoms with van der Waals surface area (Å²) in [5, 5.41) is 8.94. The molecule has 0 fully saturated rings. The van der Waals surface area contributed by atoms with E-state index in [1.54, 1.807) is 13.3 Å². The van der Waals surface area contributed by atoms with Crippen molar-refractivity contribution < 1.29 is 9.29 Å². The van der Waals surface area contributed by atoms with Gasteiger partial charge in [0, 0.05) is 41.5 Å². The summed E-state index contributed by atoms with van der Waals surface area (Å²) in [6, 6.07) is 11.8. The zero-order valence-corrected chi connectivity index (χ0v) is 20.4. The first kappa shape index (κ1) is 23.5. The van der Waals surface area contributed by atoms with Crippen molar-refractivity contribution in [3.05, 3.63) is 65.4 Å². The molecule has 3 N–H and O–H groups in total. The number of thiophene rings is 1. The maximum absolute atomic E-state index is 13.1. The van der Waals surface area contributed by atoms with Gasteiger partial charge in [0.05, 0.1) is 12.3 Å². The minimum atomic E-state index is -1.24. The number of nitrogens with one attached hydrogen (secondary N) is 1. The van der Waals surface area contributed by atoms with Gasteiger partial charge in [0.2, 0.25) is 4.21 Å². The Hall–Kier alpha value is -2.62. The SMILES string of the molecule is C/C=C1/C=C(c2cc(-c3ccccc3)c3c(C(C)N)c([S+]([O-])CCOC)sc3n2)C=NC1=N. The maximum atomic E-state index is 13.1. The fraction of sp³-hybridized carbons (Fsp3) is 0.240. The lowest BCUT2D eigenvalue weighted by molar-refractivity contribution is 0.217. The standard InChI is InChI=1S/C25H26N4O2S2/c1-4-16-12-18(14-28-23(16)27)20-13-19(17-8-6-5-7-9-17)22-21(15(2)26)25(32-24(22)29-20)33(30)11-10-31-3/h4-9,12-15,27H,10-11,26H2,1-3H3/b16-4-,27-23?. The number of nitrogens with zero attached hydrogens (tertiary/aromatic N) is 2.